The molecule has 0 bridgehead atoms. The predicted octanol–water partition coefficient (Wildman–Crippen LogP) is 14.4. The molecule has 0 saturated heterocycles. The van der Waals surface area contributed by atoms with Crippen LogP contribution in [0.2, 0.25) is 0 Å². The van der Waals surface area contributed by atoms with Crippen molar-refractivity contribution in [3.63, 3.8) is 0 Å². The molecule has 0 aliphatic heterocycles. The Morgan fingerprint density at radius 3 is 1.70 bits per heavy atom. The van der Waals surface area contributed by atoms with E-state index in [0.29, 0.717) is 17.6 Å². The maximum Gasteiger partial charge on any atom is 0.238 e. The molecule has 0 radical (unpaired) electrons. The third-order valence-electron chi connectivity index (χ3n) is 11.1. The van der Waals surface area contributed by atoms with Crippen LogP contribution >= 0.6 is 22.7 Å². The van der Waals surface area contributed by atoms with E-state index in [0.717, 1.165) is 22.2 Å². The molecule has 57 heavy (non-hydrogen) atoms. The number of nitrogens with zero attached hydrogens (tertiary/aromatic N) is 4. The summed E-state index contributed by atoms with van der Waals surface area (Å²) in [7, 11) is 0. The van der Waals surface area contributed by atoms with Crippen molar-refractivity contribution in [3.05, 3.63) is 182 Å². The molecule has 4 nitrogen and oxygen atoms in total. The van der Waals surface area contributed by atoms with Gasteiger partial charge in [-0.05, 0) is 71.3 Å². The van der Waals surface area contributed by atoms with E-state index in [4.69, 9.17) is 15.0 Å². The molecule has 8 aromatic carbocycles. The average Bonchev–Trinajstić information content (AvgIpc) is 3.96. The summed E-state index contributed by atoms with van der Waals surface area (Å²) in [6.45, 7) is 0. The lowest BCUT2D eigenvalue weighted by Gasteiger charge is -2.12. The fourth-order valence-corrected chi connectivity index (χ4v) is 10.8. The van der Waals surface area contributed by atoms with E-state index in [1.54, 1.807) is 0 Å². The molecule has 4 heterocycles. The summed E-state index contributed by atoms with van der Waals surface area (Å²) in [5.41, 5.74) is 8.92. The van der Waals surface area contributed by atoms with Gasteiger partial charge in [0.15, 0.2) is 11.6 Å². The summed E-state index contributed by atoms with van der Waals surface area (Å²) in [5, 5.41) is 7.36. The van der Waals surface area contributed by atoms with Gasteiger partial charge in [-0.25, -0.2) is 4.98 Å². The van der Waals surface area contributed by atoms with Gasteiger partial charge in [0.05, 0.1) is 11.0 Å². The monoisotopic (exact) mass is 762 g/mol. The molecular weight excluding hydrogens is 733 g/mol. The highest BCUT2D eigenvalue weighted by molar-refractivity contribution is 7.26. The van der Waals surface area contributed by atoms with E-state index in [2.05, 4.69) is 168 Å². The highest BCUT2D eigenvalue weighted by atomic mass is 32.1. The zero-order valence-electron chi connectivity index (χ0n) is 30.4. The number of benzene rings is 8. The van der Waals surface area contributed by atoms with Crippen LogP contribution in [0.15, 0.2) is 182 Å². The van der Waals surface area contributed by atoms with Gasteiger partial charge in [0.2, 0.25) is 5.95 Å². The molecule has 266 valence electrons. The van der Waals surface area contributed by atoms with E-state index in [-0.39, 0.29) is 0 Å². The van der Waals surface area contributed by atoms with Gasteiger partial charge in [-0.3, -0.25) is 4.57 Å². The lowest BCUT2D eigenvalue weighted by Crippen LogP contribution is -2.06. The Morgan fingerprint density at radius 1 is 0.351 bits per heavy atom. The van der Waals surface area contributed by atoms with Crippen LogP contribution < -0.4 is 0 Å². The number of rotatable bonds is 5. The van der Waals surface area contributed by atoms with Crippen LogP contribution in [0.5, 0.6) is 0 Å². The number of fused-ring (bicyclic) bond motifs is 9. The zero-order chi connectivity index (χ0) is 37.5. The van der Waals surface area contributed by atoms with Gasteiger partial charge < -0.3 is 0 Å². The van der Waals surface area contributed by atoms with Gasteiger partial charge in [-0.1, -0.05) is 127 Å². The summed E-state index contributed by atoms with van der Waals surface area (Å²) < 4.78 is 7.28. The third kappa shape index (κ3) is 5.15. The lowest BCUT2D eigenvalue weighted by molar-refractivity contribution is 0.954. The van der Waals surface area contributed by atoms with Crippen molar-refractivity contribution in [2.75, 3.05) is 0 Å². The Labute approximate surface area is 335 Å². The molecule has 0 N–H and O–H groups in total. The Balaban J connectivity index is 1.10. The molecular formula is C51H30N4S2. The van der Waals surface area contributed by atoms with Gasteiger partial charge in [0.1, 0.15) is 0 Å². The van der Waals surface area contributed by atoms with Crippen molar-refractivity contribution in [2.45, 2.75) is 0 Å². The molecule has 0 saturated carbocycles. The van der Waals surface area contributed by atoms with Crippen LogP contribution in [0, 0.1) is 0 Å². The van der Waals surface area contributed by atoms with Crippen LogP contribution in [-0.4, -0.2) is 19.5 Å². The Kier molecular flexibility index (Phi) is 7.24. The number of hydrogen-bond donors (Lipinski definition) is 0. The van der Waals surface area contributed by atoms with Crippen molar-refractivity contribution < 1.29 is 0 Å². The van der Waals surface area contributed by atoms with E-state index < -0.39 is 0 Å². The number of thiophene rings is 2. The minimum absolute atomic E-state index is 0.594. The first-order valence-corrected chi connectivity index (χ1v) is 20.7. The van der Waals surface area contributed by atoms with E-state index in [1.807, 2.05) is 40.9 Å². The van der Waals surface area contributed by atoms with Crippen molar-refractivity contribution in [3.8, 4) is 51.0 Å². The summed E-state index contributed by atoms with van der Waals surface area (Å²) in [5.74, 6) is 1.87. The number of aromatic nitrogens is 4. The van der Waals surface area contributed by atoms with Crippen LogP contribution in [-0.2, 0) is 0 Å². The highest BCUT2D eigenvalue weighted by Gasteiger charge is 2.20. The lowest BCUT2D eigenvalue weighted by atomic mass is 9.93. The topological polar surface area (TPSA) is 43.6 Å². The second-order valence-electron chi connectivity index (χ2n) is 14.4. The van der Waals surface area contributed by atoms with Gasteiger partial charge >= 0.3 is 0 Å². The number of para-hydroxylation sites is 2. The first-order valence-electron chi connectivity index (χ1n) is 19.0. The summed E-state index contributed by atoms with van der Waals surface area (Å²) in [6, 6.07) is 64.9. The first kappa shape index (κ1) is 32.3. The van der Waals surface area contributed by atoms with Crippen molar-refractivity contribution in [2.24, 2.45) is 0 Å². The minimum Gasteiger partial charge on any atom is -0.278 e. The molecule has 0 atom stereocenters. The normalized spacial score (nSPS) is 11.9. The van der Waals surface area contributed by atoms with Gasteiger partial charge in [0.25, 0.3) is 0 Å². The van der Waals surface area contributed by atoms with Crippen molar-refractivity contribution >= 4 is 84.8 Å². The molecule has 12 rings (SSSR count). The summed E-state index contributed by atoms with van der Waals surface area (Å²) in [6.07, 6.45) is 0. The fourth-order valence-electron chi connectivity index (χ4n) is 8.47. The molecule has 0 spiro atoms. The smallest absolute Gasteiger partial charge is 0.238 e. The predicted molar refractivity (Wildman–Crippen MR) is 242 cm³/mol. The SMILES string of the molecule is c1ccc(-c2nc(-c3ccc4sc5cccc(-c6cc(-c7ccccc7)c7sc8ccccc8c7c6)c5c4c3)nc(-n3c4ccccc4c4ccccc43)n2)cc1. The van der Waals surface area contributed by atoms with Gasteiger partial charge in [-0.2, -0.15) is 9.97 Å². The quantitative estimate of drug-likeness (QED) is 0.175. The molecule has 0 unspecified atom stereocenters. The van der Waals surface area contributed by atoms with Crippen molar-refractivity contribution in [1.82, 2.24) is 19.5 Å². The van der Waals surface area contributed by atoms with E-state index in [9.17, 15) is 0 Å². The average molecular weight is 763 g/mol. The van der Waals surface area contributed by atoms with Gasteiger partial charge in [-0.15, -0.1) is 22.7 Å². The zero-order valence-corrected chi connectivity index (χ0v) is 32.1. The summed E-state index contributed by atoms with van der Waals surface area (Å²) >= 11 is 3.71. The van der Waals surface area contributed by atoms with Crippen LogP contribution in [0.1, 0.15) is 0 Å². The Hall–Kier alpha value is -6.99. The molecule has 0 aliphatic rings. The molecule has 0 aliphatic carbocycles. The maximum absolute atomic E-state index is 5.27. The maximum atomic E-state index is 5.27. The molecule has 0 amide bonds. The minimum atomic E-state index is 0.594. The van der Waals surface area contributed by atoms with Crippen LogP contribution in [0.4, 0.5) is 0 Å². The second-order valence-corrected chi connectivity index (χ2v) is 16.5. The van der Waals surface area contributed by atoms with Crippen LogP contribution in [0.25, 0.3) is 113 Å². The molecule has 4 aromatic heterocycles. The van der Waals surface area contributed by atoms with Crippen LogP contribution in [0.3, 0.4) is 0 Å². The second kappa shape index (κ2) is 12.8. The molecule has 6 heteroatoms. The fraction of sp³-hybridized carbons (Fsp3) is 0. The standard InChI is InChI=1S/C51H30N4S2/c1-3-14-31(15-4-1)39-29-34(30-40-38-20-9-12-24-44(38)57-48(39)40)35-21-13-25-46-47(35)41-28-33(26-27-45(41)56-46)50-52-49(32-16-5-2-6-17-32)53-51(54-50)55-42-22-10-7-18-36(42)37-19-8-11-23-43(37)55/h1-30H. The third-order valence-corrected chi connectivity index (χ3v) is 13.4. The number of hydrogen-bond acceptors (Lipinski definition) is 5. The van der Waals surface area contributed by atoms with Crippen molar-refractivity contribution in [1.29, 1.82) is 0 Å². The molecule has 0 fully saturated rings. The first-order chi connectivity index (χ1) is 28.2. The Morgan fingerprint density at radius 2 is 0.947 bits per heavy atom. The Bertz CT molecular complexity index is 3470. The van der Waals surface area contributed by atoms with Gasteiger partial charge in [0, 0.05) is 67.8 Å². The van der Waals surface area contributed by atoms with E-state index in [1.165, 1.54) is 73.4 Å². The highest BCUT2D eigenvalue weighted by Crippen LogP contribution is 2.46. The molecule has 12 aromatic rings. The van der Waals surface area contributed by atoms with E-state index >= 15 is 0 Å². The summed E-state index contributed by atoms with van der Waals surface area (Å²) in [4.78, 5) is 15.6. The largest absolute Gasteiger partial charge is 0.278 e.